The number of benzene rings is 2. The van der Waals surface area contributed by atoms with Crippen molar-refractivity contribution in [3.05, 3.63) is 69.7 Å². The van der Waals surface area contributed by atoms with Gasteiger partial charge in [-0.15, -0.1) is 0 Å². The molecule has 2 aromatic rings. The van der Waals surface area contributed by atoms with E-state index < -0.39 is 21.0 Å². The largest absolute Gasteiger partial charge is 0.340 e. The maximum absolute atomic E-state index is 12.6. The second-order valence-corrected chi connectivity index (χ2v) is 9.01. The molecule has 0 heterocycles. The molecule has 4 nitrogen and oxygen atoms in total. The SMILES string of the molecule is C[C@H](C(=O)N(C)Cc1ccccc1)S(=O)(=O)Cc1ccc(Cl)c(Cl)c1. The van der Waals surface area contributed by atoms with Gasteiger partial charge < -0.3 is 4.90 Å². The fourth-order valence-electron chi connectivity index (χ4n) is 2.39. The lowest BCUT2D eigenvalue weighted by molar-refractivity contribution is -0.129. The van der Waals surface area contributed by atoms with Gasteiger partial charge in [0.05, 0.1) is 15.8 Å². The van der Waals surface area contributed by atoms with Crippen molar-refractivity contribution in [3.63, 3.8) is 0 Å². The van der Waals surface area contributed by atoms with Crippen LogP contribution >= 0.6 is 23.2 Å². The molecule has 2 rings (SSSR count). The van der Waals surface area contributed by atoms with E-state index in [0.717, 1.165) is 5.56 Å². The number of sulfone groups is 1. The number of rotatable bonds is 6. The predicted octanol–water partition coefficient (Wildman–Crippen LogP) is 3.96. The molecule has 0 aliphatic carbocycles. The summed E-state index contributed by atoms with van der Waals surface area (Å²) < 4.78 is 25.1. The maximum Gasteiger partial charge on any atom is 0.240 e. The quantitative estimate of drug-likeness (QED) is 0.738. The van der Waals surface area contributed by atoms with E-state index in [4.69, 9.17) is 23.2 Å². The van der Waals surface area contributed by atoms with Gasteiger partial charge in [0.2, 0.25) is 5.91 Å². The fraction of sp³-hybridized carbons (Fsp3) is 0.278. The van der Waals surface area contributed by atoms with Gasteiger partial charge in [0.25, 0.3) is 0 Å². The first-order valence-corrected chi connectivity index (χ1v) is 10.1. The Morgan fingerprint density at radius 2 is 1.68 bits per heavy atom. The molecule has 0 N–H and O–H groups in total. The number of carbonyl (C=O) groups excluding carboxylic acids is 1. The topological polar surface area (TPSA) is 54.5 Å². The molecule has 2 aromatic carbocycles. The van der Waals surface area contributed by atoms with E-state index in [1.807, 2.05) is 30.3 Å². The molecule has 0 aliphatic rings. The van der Waals surface area contributed by atoms with Gasteiger partial charge >= 0.3 is 0 Å². The van der Waals surface area contributed by atoms with Crippen molar-refractivity contribution in [2.75, 3.05) is 7.05 Å². The number of hydrogen-bond donors (Lipinski definition) is 0. The second kappa shape index (κ2) is 8.21. The van der Waals surface area contributed by atoms with E-state index in [1.54, 1.807) is 19.2 Å². The first kappa shape index (κ1) is 19.8. The van der Waals surface area contributed by atoms with Crippen molar-refractivity contribution in [1.82, 2.24) is 4.90 Å². The fourth-order valence-corrected chi connectivity index (χ4v) is 4.09. The van der Waals surface area contributed by atoms with Crippen LogP contribution in [0.2, 0.25) is 10.0 Å². The van der Waals surface area contributed by atoms with Crippen molar-refractivity contribution >= 4 is 38.9 Å². The Labute approximate surface area is 158 Å². The number of carbonyl (C=O) groups is 1. The van der Waals surface area contributed by atoms with Crippen molar-refractivity contribution in [2.45, 2.75) is 24.5 Å². The average Bonchev–Trinajstić information content (AvgIpc) is 2.57. The molecule has 0 saturated heterocycles. The third kappa shape index (κ3) is 5.21. The van der Waals surface area contributed by atoms with E-state index in [0.29, 0.717) is 17.1 Å². The normalized spacial score (nSPS) is 12.6. The summed E-state index contributed by atoms with van der Waals surface area (Å²) in [6, 6.07) is 14.1. The highest BCUT2D eigenvalue weighted by atomic mass is 35.5. The zero-order chi connectivity index (χ0) is 18.6. The van der Waals surface area contributed by atoms with Crippen LogP contribution in [0.25, 0.3) is 0 Å². The van der Waals surface area contributed by atoms with Gasteiger partial charge in [-0.2, -0.15) is 0 Å². The van der Waals surface area contributed by atoms with E-state index >= 15 is 0 Å². The smallest absolute Gasteiger partial charge is 0.240 e. The maximum atomic E-state index is 12.6. The van der Waals surface area contributed by atoms with E-state index in [-0.39, 0.29) is 10.8 Å². The summed E-state index contributed by atoms with van der Waals surface area (Å²) in [6.07, 6.45) is 0. The highest BCUT2D eigenvalue weighted by Crippen LogP contribution is 2.24. The lowest BCUT2D eigenvalue weighted by atomic mass is 10.2. The highest BCUT2D eigenvalue weighted by Gasteiger charge is 2.30. The van der Waals surface area contributed by atoms with Crippen LogP contribution in [0, 0.1) is 0 Å². The third-order valence-electron chi connectivity index (χ3n) is 3.88. The summed E-state index contributed by atoms with van der Waals surface area (Å²) in [5, 5.41) is -0.500. The standard InChI is InChI=1S/C18H19Cl2NO3S/c1-13(18(22)21(2)11-14-6-4-3-5-7-14)25(23,24)12-15-8-9-16(19)17(20)10-15/h3-10,13H,11-12H2,1-2H3/t13-/m1/s1. The van der Waals surface area contributed by atoms with Gasteiger partial charge in [-0.3, -0.25) is 4.79 Å². The molecule has 0 aliphatic heterocycles. The lowest BCUT2D eigenvalue weighted by Crippen LogP contribution is -2.39. The van der Waals surface area contributed by atoms with Crippen molar-refractivity contribution < 1.29 is 13.2 Å². The van der Waals surface area contributed by atoms with Crippen molar-refractivity contribution in [2.24, 2.45) is 0 Å². The Hall–Kier alpha value is -1.56. The molecule has 0 spiro atoms. The Morgan fingerprint density at radius 1 is 1.04 bits per heavy atom. The van der Waals surface area contributed by atoms with Gasteiger partial charge in [-0.25, -0.2) is 8.42 Å². The van der Waals surface area contributed by atoms with Crippen LogP contribution in [0.5, 0.6) is 0 Å². The lowest BCUT2D eigenvalue weighted by Gasteiger charge is -2.21. The van der Waals surface area contributed by atoms with Gasteiger partial charge in [-0.1, -0.05) is 59.6 Å². The highest BCUT2D eigenvalue weighted by molar-refractivity contribution is 7.92. The van der Waals surface area contributed by atoms with Gasteiger partial charge in [0.1, 0.15) is 5.25 Å². The number of halogens is 2. The predicted molar refractivity (Wildman–Crippen MR) is 101 cm³/mol. The number of amides is 1. The van der Waals surface area contributed by atoms with E-state index in [2.05, 4.69) is 0 Å². The molecule has 0 bridgehead atoms. The van der Waals surface area contributed by atoms with Crippen LogP contribution in [0.1, 0.15) is 18.1 Å². The molecule has 1 amide bonds. The molecular weight excluding hydrogens is 381 g/mol. The van der Waals surface area contributed by atoms with Crippen molar-refractivity contribution in [1.29, 1.82) is 0 Å². The molecule has 134 valence electrons. The van der Waals surface area contributed by atoms with Crippen LogP contribution in [0.4, 0.5) is 0 Å². The van der Waals surface area contributed by atoms with Crippen LogP contribution in [0.3, 0.4) is 0 Å². The van der Waals surface area contributed by atoms with Crippen LogP contribution in [0.15, 0.2) is 48.5 Å². The average molecular weight is 400 g/mol. The summed E-state index contributed by atoms with van der Waals surface area (Å²) >= 11 is 11.8. The van der Waals surface area contributed by atoms with E-state index in [1.165, 1.54) is 17.9 Å². The van der Waals surface area contributed by atoms with Crippen LogP contribution in [-0.2, 0) is 26.9 Å². The van der Waals surface area contributed by atoms with Gasteiger partial charge in [0.15, 0.2) is 9.84 Å². The summed E-state index contributed by atoms with van der Waals surface area (Å²) in [6.45, 7) is 1.77. The van der Waals surface area contributed by atoms with E-state index in [9.17, 15) is 13.2 Å². The summed E-state index contributed by atoms with van der Waals surface area (Å²) in [5.74, 6) is -0.709. The monoisotopic (exact) mass is 399 g/mol. The molecule has 25 heavy (non-hydrogen) atoms. The molecule has 0 unspecified atom stereocenters. The van der Waals surface area contributed by atoms with Crippen LogP contribution < -0.4 is 0 Å². The molecule has 7 heteroatoms. The number of nitrogens with zero attached hydrogens (tertiary/aromatic N) is 1. The molecule has 0 aromatic heterocycles. The zero-order valence-electron chi connectivity index (χ0n) is 13.9. The Bertz CT molecular complexity index is 854. The summed E-state index contributed by atoms with van der Waals surface area (Å²) in [7, 11) is -2.07. The minimum Gasteiger partial charge on any atom is -0.340 e. The summed E-state index contributed by atoms with van der Waals surface area (Å²) in [4.78, 5) is 13.9. The molecule has 1 atom stereocenters. The Kier molecular flexibility index (Phi) is 6.49. The minimum atomic E-state index is -3.67. The first-order chi connectivity index (χ1) is 11.7. The van der Waals surface area contributed by atoms with Gasteiger partial charge in [0, 0.05) is 13.6 Å². The third-order valence-corrected chi connectivity index (χ3v) is 6.63. The van der Waals surface area contributed by atoms with Crippen LogP contribution in [-0.4, -0.2) is 31.5 Å². The zero-order valence-corrected chi connectivity index (χ0v) is 16.3. The second-order valence-electron chi connectivity index (χ2n) is 5.88. The Balaban J connectivity index is 2.09. The van der Waals surface area contributed by atoms with Gasteiger partial charge in [-0.05, 0) is 30.2 Å². The number of hydrogen-bond acceptors (Lipinski definition) is 3. The van der Waals surface area contributed by atoms with Crippen molar-refractivity contribution in [3.8, 4) is 0 Å². The first-order valence-electron chi connectivity index (χ1n) is 7.65. The summed E-state index contributed by atoms with van der Waals surface area (Å²) in [5.41, 5.74) is 1.44. The molecular formula is C18H19Cl2NO3S. The molecule has 0 fully saturated rings. The molecule has 0 radical (unpaired) electrons. The molecule has 0 saturated carbocycles. The Morgan fingerprint density at radius 3 is 2.28 bits per heavy atom. The minimum absolute atomic E-state index is 0.268.